The molecule has 3 rings (SSSR count). The number of halogens is 1. The number of fused-ring (bicyclic) bond motifs is 1. The van der Waals surface area contributed by atoms with Gasteiger partial charge in [-0.15, -0.1) is 12.4 Å². The van der Waals surface area contributed by atoms with E-state index in [0.29, 0.717) is 6.42 Å². The van der Waals surface area contributed by atoms with Crippen molar-refractivity contribution in [3.63, 3.8) is 0 Å². The lowest BCUT2D eigenvalue weighted by Crippen LogP contribution is -2.14. The van der Waals surface area contributed by atoms with Gasteiger partial charge in [0.2, 0.25) is 5.91 Å². The standard InChI is InChI=1S/C15H13NO2.ClH/c17-14-8-4-1-5-10(14)9-12-11-6-2-3-7-13(11)16-15(12)18;/h1-8,12,17H,9H2,(H,16,18);1H. The molecule has 0 fully saturated rings. The summed E-state index contributed by atoms with van der Waals surface area (Å²) in [7, 11) is 0. The molecule has 1 aliphatic heterocycles. The molecule has 0 saturated carbocycles. The van der Waals surface area contributed by atoms with Crippen LogP contribution in [0.2, 0.25) is 0 Å². The van der Waals surface area contributed by atoms with Crippen molar-refractivity contribution in [2.24, 2.45) is 0 Å². The van der Waals surface area contributed by atoms with Crippen LogP contribution in [0.4, 0.5) is 5.69 Å². The van der Waals surface area contributed by atoms with E-state index >= 15 is 0 Å². The Labute approximate surface area is 117 Å². The Balaban J connectivity index is 0.00000133. The van der Waals surface area contributed by atoms with Crippen LogP contribution in [0.25, 0.3) is 0 Å². The quantitative estimate of drug-likeness (QED) is 0.885. The van der Waals surface area contributed by atoms with E-state index in [1.807, 2.05) is 36.4 Å². The number of carbonyl (C=O) groups is 1. The van der Waals surface area contributed by atoms with E-state index in [4.69, 9.17) is 0 Å². The molecular weight excluding hydrogens is 262 g/mol. The minimum absolute atomic E-state index is 0. The summed E-state index contributed by atoms with van der Waals surface area (Å²) >= 11 is 0. The van der Waals surface area contributed by atoms with Gasteiger partial charge in [-0.05, 0) is 29.7 Å². The van der Waals surface area contributed by atoms with Crippen LogP contribution in [0.15, 0.2) is 48.5 Å². The third kappa shape index (κ3) is 2.42. The average molecular weight is 276 g/mol. The Kier molecular flexibility index (Phi) is 3.76. The van der Waals surface area contributed by atoms with Crippen molar-refractivity contribution in [1.29, 1.82) is 0 Å². The number of carbonyl (C=O) groups excluding carboxylic acids is 1. The average Bonchev–Trinajstić information content (AvgIpc) is 2.69. The van der Waals surface area contributed by atoms with Gasteiger partial charge in [0.05, 0.1) is 5.92 Å². The zero-order valence-electron chi connectivity index (χ0n) is 10.2. The molecule has 1 unspecified atom stereocenters. The molecule has 0 aromatic heterocycles. The highest BCUT2D eigenvalue weighted by Crippen LogP contribution is 2.35. The SMILES string of the molecule is Cl.O=C1Nc2ccccc2C1Cc1ccccc1O. The number of hydrogen-bond acceptors (Lipinski definition) is 2. The van der Waals surface area contributed by atoms with Crippen LogP contribution in [0, 0.1) is 0 Å². The number of rotatable bonds is 2. The molecule has 1 heterocycles. The van der Waals surface area contributed by atoms with Crippen molar-refractivity contribution in [3.05, 3.63) is 59.7 Å². The van der Waals surface area contributed by atoms with E-state index < -0.39 is 0 Å². The summed E-state index contributed by atoms with van der Waals surface area (Å²) in [6, 6.07) is 14.8. The Morgan fingerprint density at radius 3 is 2.53 bits per heavy atom. The zero-order chi connectivity index (χ0) is 12.5. The first-order valence-electron chi connectivity index (χ1n) is 5.92. The highest BCUT2D eigenvalue weighted by atomic mass is 35.5. The van der Waals surface area contributed by atoms with Gasteiger partial charge in [-0.3, -0.25) is 4.79 Å². The number of aromatic hydroxyl groups is 1. The van der Waals surface area contributed by atoms with Gasteiger partial charge >= 0.3 is 0 Å². The number of benzene rings is 2. The fourth-order valence-electron chi connectivity index (χ4n) is 2.38. The Bertz CT molecular complexity index is 613. The fourth-order valence-corrected chi connectivity index (χ4v) is 2.38. The van der Waals surface area contributed by atoms with E-state index in [-0.39, 0.29) is 30.0 Å². The second-order valence-corrected chi connectivity index (χ2v) is 4.46. The predicted octanol–water partition coefficient (Wildman–Crippen LogP) is 3.09. The molecule has 0 saturated heterocycles. The molecule has 1 amide bonds. The second-order valence-electron chi connectivity index (χ2n) is 4.46. The van der Waals surface area contributed by atoms with Crippen molar-refractivity contribution in [3.8, 4) is 5.75 Å². The van der Waals surface area contributed by atoms with E-state index in [9.17, 15) is 9.90 Å². The van der Waals surface area contributed by atoms with E-state index in [2.05, 4.69) is 5.32 Å². The topological polar surface area (TPSA) is 49.3 Å². The first-order chi connectivity index (χ1) is 8.75. The molecule has 4 heteroatoms. The maximum absolute atomic E-state index is 12.0. The van der Waals surface area contributed by atoms with Crippen LogP contribution in [-0.4, -0.2) is 11.0 Å². The second kappa shape index (κ2) is 5.33. The summed E-state index contributed by atoms with van der Waals surface area (Å²) in [4.78, 5) is 12.0. The number of hydrogen-bond donors (Lipinski definition) is 2. The van der Waals surface area contributed by atoms with Crippen LogP contribution in [0.1, 0.15) is 17.0 Å². The van der Waals surface area contributed by atoms with Crippen molar-refractivity contribution in [1.82, 2.24) is 0 Å². The number of para-hydroxylation sites is 2. The zero-order valence-corrected chi connectivity index (χ0v) is 11.0. The number of anilines is 1. The molecule has 2 aromatic rings. The summed E-state index contributed by atoms with van der Waals surface area (Å²) < 4.78 is 0. The highest BCUT2D eigenvalue weighted by molar-refractivity contribution is 6.03. The highest BCUT2D eigenvalue weighted by Gasteiger charge is 2.30. The van der Waals surface area contributed by atoms with Crippen LogP contribution in [-0.2, 0) is 11.2 Å². The minimum Gasteiger partial charge on any atom is -0.508 e. The third-order valence-electron chi connectivity index (χ3n) is 3.33. The van der Waals surface area contributed by atoms with Gasteiger partial charge in [0.15, 0.2) is 0 Å². The normalized spacial score (nSPS) is 16.4. The minimum atomic E-state index is -0.213. The van der Waals surface area contributed by atoms with Crippen LogP contribution in [0.3, 0.4) is 0 Å². The van der Waals surface area contributed by atoms with Gasteiger partial charge in [0.1, 0.15) is 5.75 Å². The maximum Gasteiger partial charge on any atom is 0.232 e. The molecule has 3 nitrogen and oxygen atoms in total. The Morgan fingerprint density at radius 1 is 1.05 bits per heavy atom. The van der Waals surface area contributed by atoms with Gasteiger partial charge < -0.3 is 10.4 Å². The molecule has 1 aliphatic rings. The monoisotopic (exact) mass is 275 g/mol. The predicted molar refractivity (Wildman–Crippen MR) is 76.9 cm³/mol. The van der Waals surface area contributed by atoms with Crippen molar-refractivity contribution >= 4 is 24.0 Å². The molecule has 0 aliphatic carbocycles. The third-order valence-corrected chi connectivity index (χ3v) is 3.33. The van der Waals surface area contributed by atoms with Gasteiger partial charge in [0.25, 0.3) is 0 Å². The van der Waals surface area contributed by atoms with Gasteiger partial charge in [-0.1, -0.05) is 36.4 Å². The van der Waals surface area contributed by atoms with Crippen LogP contribution < -0.4 is 5.32 Å². The number of phenolic OH excluding ortho intramolecular Hbond substituents is 1. The van der Waals surface area contributed by atoms with Crippen molar-refractivity contribution in [2.75, 3.05) is 5.32 Å². The molecule has 0 bridgehead atoms. The molecule has 0 spiro atoms. The summed E-state index contributed by atoms with van der Waals surface area (Å²) in [6.45, 7) is 0. The van der Waals surface area contributed by atoms with Gasteiger partial charge in [-0.25, -0.2) is 0 Å². The first-order valence-corrected chi connectivity index (χ1v) is 5.92. The first kappa shape index (κ1) is 13.4. The lowest BCUT2D eigenvalue weighted by atomic mass is 9.93. The van der Waals surface area contributed by atoms with E-state index in [1.54, 1.807) is 12.1 Å². The number of phenols is 1. The molecule has 0 radical (unpaired) electrons. The van der Waals surface area contributed by atoms with Crippen LogP contribution >= 0.6 is 12.4 Å². The molecule has 2 aromatic carbocycles. The largest absolute Gasteiger partial charge is 0.508 e. The van der Waals surface area contributed by atoms with E-state index in [0.717, 1.165) is 16.8 Å². The van der Waals surface area contributed by atoms with Crippen molar-refractivity contribution < 1.29 is 9.90 Å². The lowest BCUT2D eigenvalue weighted by Gasteiger charge is -2.10. The van der Waals surface area contributed by atoms with E-state index in [1.165, 1.54) is 0 Å². The number of amides is 1. The van der Waals surface area contributed by atoms with Crippen molar-refractivity contribution in [2.45, 2.75) is 12.3 Å². The van der Waals surface area contributed by atoms with Gasteiger partial charge in [0, 0.05) is 5.69 Å². The maximum atomic E-state index is 12.0. The smallest absolute Gasteiger partial charge is 0.232 e. The summed E-state index contributed by atoms with van der Waals surface area (Å²) in [6.07, 6.45) is 0.523. The molecule has 98 valence electrons. The lowest BCUT2D eigenvalue weighted by molar-refractivity contribution is -0.117. The molecule has 19 heavy (non-hydrogen) atoms. The van der Waals surface area contributed by atoms with Gasteiger partial charge in [-0.2, -0.15) is 0 Å². The summed E-state index contributed by atoms with van der Waals surface area (Å²) in [5, 5.41) is 12.6. The Morgan fingerprint density at radius 2 is 1.74 bits per heavy atom. The summed E-state index contributed by atoms with van der Waals surface area (Å²) in [5.41, 5.74) is 2.68. The molecular formula is C15H14ClNO2. The molecule has 2 N–H and O–H groups in total. The summed E-state index contributed by atoms with van der Waals surface area (Å²) in [5.74, 6) is 0.0311. The fraction of sp³-hybridized carbons (Fsp3) is 0.133. The molecule has 1 atom stereocenters. The number of nitrogens with one attached hydrogen (secondary N) is 1. The van der Waals surface area contributed by atoms with Crippen LogP contribution in [0.5, 0.6) is 5.75 Å². The Hall–Kier alpha value is -2.00.